The summed E-state index contributed by atoms with van der Waals surface area (Å²) in [5.74, 6) is 0.243. The van der Waals surface area contributed by atoms with Crippen molar-refractivity contribution in [2.24, 2.45) is 0 Å². The zero-order valence-corrected chi connectivity index (χ0v) is 21.5. The van der Waals surface area contributed by atoms with E-state index in [1.807, 2.05) is 17.0 Å². The molecular weight excluding hydrogens is 460 g/mol. The fourth-order valence-electron chi connectivity index (χ4n) is 6.29. The maximum Gasteiger partial charge on any atom is 0.227 e. The van der Waals surface area contributed by atoms with Crippen LogP contribution in [0.4, 0.5) is 11.4 Å². The number of hydrogen-bond acceptors (Lipinski definition) is 5. The van der Waals surface area contributed by atoms with Crippen LogP contribution in [0.2, 0.25) is 0 Å². The van der Waals surface area contributed by atoms with E-state index in [9.17, 15) is 10.1 Å². The number of hydrogen-bond donors (Lipinski definition) is 0. The number of fused-ring (bicyclic) bond motifs is 2. The standard InChI is InChI=1S/C31H34N4O2/c1-22-21-34(29-5-2-4-24-18-23(20-32)7-9-27(24)29)16-15-33(22)14-11-30-28-10-8-26(19-25(28)12-17-37-30)35-13-3-6-31(35)36/h2,4-5,7-10,18-19,22,30H,3,6,11-17,21H2,1H3/t22-,30+/m1/s1. The molecule has 0 radical (unpaired) electrons. The number of piperazine rings is 1. The van der Waals surface area contributed by atoms with Gasteiger partial charge in [0.15, 0.2) is 0 Å². The quantitative estimate of drug-likeness (QED) is 0.497. The maximum atomic E-state index is 12.2. The van der Waals surface area contributed by atoms with Crippen LogP contribution in [0.1, 0.15) is 49.0 Å². The van der Waals surface area contributed by atoms with Gasteiger partial charge in [-0.3, -0.25) is 9.69 Å². The van der Waals surface area contributed by atoms with Crippen LogP contribution >= 0.6 is 0 Å². The van der Waals surface area contributed by atoms with Gasteiger partial charge in [-0.05, 0) is 73.0 Å². The van der Waals surface area contributed by atoms with Crippen LogP contribution in [-0.2, 0) is 16.0 Å². The first-order valence-electron chi connectivity index (χ1n) is 13.6. The lowest BCUT2D eigenvalue weighted by atomic mass is 9.94. The molecule has 3 heterocycles. The highest BCUT2D eigenvalue weighted by Gasteiger charge is 2.28. The van der Waals surface area contributed by atoms with Gasteiger partial charge in [0.25, 0.3) is 0 Å². The first-order chi connectivity index (χ1) is 18.1. The molecule has 0 spiro atoms. The average molecular weight is 495 g/mol. The average Bonchev–Trinajstić information content (AvgIpc) is 3.37. The first kappa shape index (κ1) is 24.0. The summed E-state index contributed by atoms with van der Waals surface area (Å²) < 4.78 is 6.23. The van der Waals surface area contributed by atoms with Crippen molar-refractivity contribution in [1.29, 1.82) is 5.26 Å². The van der Waals surface area contributed by atoms with Gasteiger partial charge in [-0.2, -0.15) is 5.26 Å². The molecule has 3 aromatic carbocycles. The fraction of sp³-hybridized carbons (Fsp3) is 0.419. The lowest BCUT2D eigenvalue weighted by Gasteiger charge is -2.42. The van der Waals surface area contributed by atoms with Gasteiger partial charge in [0.05, 0.1) is 24.3 Å². The second-order valence-electron chi connectivity index (χ2n) is 10.6. The summed E-state index contributed by atoms with van der Waals surface area (Å²) in [5.41, 5.74) is 5.63. The summed E-state index contributed by atoms with van der Waals surface area (Å²) in [4.78, 5) is 19.2. The number of anilines is 2. The maximum absolute atomic E-state index is 12.2. The fourth-order valence-corrected chi connectivity index (χ4v) is 6.29. The minimum absolute atomic E-state index is 0.115. The van der Waals surface area contributed by atoms with Crippen LogP contribution in [-0.4, -0.2) is 56.2 Å². The van der Waals surface area contributed by atoms with E-state index >= 15 is 0 Å². The number of carbonyl (C=O) groups excluding carboxylic acids is 1. The molecule has 0 N–H and O–H groups in total. The molecule has 3 aliphatic rings. The Labute approximate surface area is 219 Å². The van der Waals surface area contributed by atoms with Gasteiger partial charge in [0.2, 0.25) is 5.91 Å². The van der Waals surface area contributed by atoms with Crippen molar-refractivity contribution >= 4 is 28.1 Å². The summed E-state index contributed by atoms with van der Waals surface area (Å²) >= 11 is 0. The van der Waals surface area contributed by atoms with Crippen molar-refractivity contribution in [2.45, 2.75) is 44.8 Å². The third-order valence-electron chi connectivity index (χ3n) is 8.32. The van der Waals surface area contributed by atoms with Crippen LogP contribution in [0.3, 0.4) is 0 Å². The van der Waals surface area contributed by atoms with Crippen molar-refractivity contribution in [3.05, 3.63) is 71.3 Å². The van der Waals surface area contributed by atoms with Gasteiger partial charge in [-0.25, -0.2) is 0 Å². The Morgan fingerprint density at radius 2 is 1.97 bits per heavy atom. The Bertz CT molecular complexity index is 1360. The Morgan fingerprint density at radius 3 is 2.78 bits per heavy atom. The van der Waals surface area contributed by atoms with E-state index in [1.165, 1.54) is 22.2 Å². The zero-order chi connectivity index (χ0) is 25.4. The van der Waals surface area contributed by atoms with Crippen molar-refractivity contribution in [3.8, 4) is 6.07 Å². The summed E-state index contributed by atoms with van der Waals surface area (Å²) in [7, 11) is 0. The lowest BCUT2D eigenvalue weighted by Crippen LogP contribution is -2.52. The van der Waals surface area contributed by atoms with Gasteiger partial charge in [0.1, 0.15) is 0 Å². The molecule has 0 aliphatic carbocycles. The normalized spacial score (nSPS) is 22.3. The molecule has 0 bridgehead atoms. The Morgan fingerprint density at radius 1 is 1.05 bits per heavy atom. The third kappa shape index (κ3) is 4.70. The molecule has 2 saturated heterocycles. The molecule has 190 valence electrons. The van der Waals surface area contributed by atoms with E-state index in [0.717, 1.165) is 69.7 Å². The van der Waals surface area contributed by atoms with Crippen LogP contribution in [0.5, 0.6) is 0 Å². The lowest BCUT2D eigenvalue weighted by molar-refractivity contribution is -0.117. The van der Waals surface area contributed by atoms with Crippen LogP contribution in [0, 0.1) is 11.3 Å². The number of carbonyl (C=O) groups is 1. The molecule has 2 fully saturated rings. The van der Waals surface area contributed by atoms with E-state index in [-0.39, 0.29) is 12.0 Å². The predicted octanol–water partition coefficient (Wildman–Crippen LogP) is 5.05. The number of nitriles is 1. The predicted molar refractivity (Wildman–Crippen MR) is 147 cm³/mol. The van der Waals surface area contributed by atoms with E-state index in [4.69, 9.17) is 4.74 Å². The van der Waals surface area contributed by atoms with Gasteiger partial charge in [-0.15, -0.1) is 0 Å². The summed E-state index contributed by atoms with van der Waals surface area (Å²) in [6.45, 7) is 7.89. The van der Waals surface area contributed by atoms with Crippen LogP contribution < -0.4 is 9.80 Å². The number of amides is 1. The smallest absolute Gasteiger partial charge is 0.227 e. The van der Waals surface area contributed by atoms with E-state index in [0.29, 0.717) is 18.0 Å². The Kier molecular flexibility index (Phi) is 6.58. The molecule has 3 aromatic rings. The SMILES string of the molecule is C[C@@H]1CN(c2cccc3cc(C#N)ccc23)CCN1CC[C@@H]1OCCc2cc(N3CCCC3=O)ccc21. The molecule has 6 rings (SSSR count). The first-order valence-corrected chi connectivity index (χ1v) is 13.6. The highest BCUT2D eigenvalue weighted by molar-refractivity contribution is 5.96. The van der Waals surface area contributed by atoms with Crippen LogP contribution in [0.25, 0.3) is 10.8 Å². The van der Waals surface area contributed by atoms with Crippen LogP contribution in [0.15, 0.2) is 54.6 Å². The highest BCUT2D eigenvalue weighted by Crippen LogP contribution is 2.34. The summed E-state index contributed by atoms with van der Waals surface area (Å²) in [6.07, 6.45) is 3.62. The molecule has 1 amide bonds. The number of benzene rings is 3. The zero-order valence-electron chi connectivity index (χ0n) is 21.5. The number of ether oxygens (including phenoxy) is 1. The second-order valence-corrected chi connectivity index (χ2v) is 10.6. The molecule has 2 atom stereocenters. The molecular formula is C31H34N4O2. The second kappa shape index (κ2) is 10.2. The van der Waals surface area contributed by atoms with Gasteiger partial charge < -0.3 is 14.5 Å². The van der Waals surface area contributed by atoms with Gasteiger partial charge in [0, 0.05) is 61.9 Å². The van der Waals surface area contributed by atoms with Crippen molar-refractivity contribution < 1.29 is 9.53 Å². The van der Waals surface area contributed by atoms with Crippen molar-refractivity contribution in [1.82, 2.24) is 4.90 Å². The van der Waals surface area contributed by atoms with Gasteiger partial charge in [-0.1, -0.05) is 24.3 Å². The monoisotopic (exact) mass is 494 g/mol. The molecule has 0 aromatic heterocycles. The Hall–Kier alpha value is -3.40. The van der Waals surface area contributed by atoms with E-state index in [2.05, 4.69) is 65.3 Å². The topological polar surface area (TPSA) is 59.8 Å². The summed E-state index contributed by atoms with van der Waals surface area (Å²) in [6, 6.07) is 21.6. The minimum atomic E-state index is 0.115. The largest absolute Gasteiger partial charge is 0.373 e. The highest BCUT2D eigenvalue weighted by atomic mass is 16.5. The van der Waals surface area contributed by atoms with E-state index in [1.54, 1.807) is 0 Å². The molecule has 37 heavy (non-hydrogen) atoms. The van der Waals surface area contributed by atoms with Gasteiger partial charge >= 0.3 is 0 Å². The summed E-state index contributed by atoms with van der Waals surface area (Å²) in [5, 5.41) is 11.6. The third-order valence-corrected chi connectivity index (χ3v) is 8.32. The minimum Gasteiger partial charge on any atom is -0.373 e. The van der Waals surface area contributed by atoms with E-state index < -0.39 is 0 Å². The molecule has 6 nitrogen and oxygen atoms in total. The molecule has 0 unspecified atom stereocenters. The Balaban J connectivity index is 1.10. The number of nitrogens with zero attached hydrogens (tertiary/aromatic N) is 4. The van der Waals surface area contributed by atoms with Crippen molar-refractivity contribution in [2.75, 3.05) is 49.1 Å². The number of rotatable bonds is 5. The molecule has 6 heteroatoms. The molecule has 0 saturated carbocycles. The molecule has 3 aliphatic heterocycles. The van der Waals surface area contributed by atoms with Crippen molar-refractivity contribution in [3.63, 3.8) is 0 Å².